The van der Waals surface area contributed by atoms with Crippen LogP contribution in [0.4, 0.5) is 5.82 Å². The molecule has 1 saturated heterocycles. The molecule has 0 bridgehead atoms. The summed E-state index contributed by atoms with van der Waals surface area (Å²) in [5, 5.41) is 13.9. The van der Waals surface area contributed by atoms with E-state index >= 15 is 0 Å². The van der Waals surface area contributed by atoms with Gasteiger partial charge in [-0.1, -0.05) is 0 Å². The van der Waals surface area contributed by atoms with Crippen LogP contribution in [0.2, 0.25) is 0 Å². The first-order valence-corrected chi connectivity index (χ1v) is 9.24. The molecule has 0 saturated carbocycles. The number of aliphatic hydroxyl groups excluding tert-OH is 1. The molecule has 2 aromatic heterocycles. The Morgan fingerprint density at radius 1 is 1.19 bits per heavy atom. The summed E-state index contributed by atoms with van der Waals surface area (Å²) in [6.45, 7) is 3.24. The Labute approximate surface area is 154 Å². The lowest BCUT2D eigenvalue weighted by Gasteiger charge is -2.24. The molecule has 2 N–H and O–H groups in total. The zero-order chi connectivity index (χ0) is 18.1. The van der Waals surface area contributed by atoms with Crippen molar-refractivity contribution in [2.24, 2.45) is 0 Å². The molecule has 2 aliphatic heterocycles. The summed E-state index contributed by atoms with van der Waals surface area (Å²) in [6, 6.07) is 4.02. The Balaban J connectivity index is 1.77. The second kappa shape index (κ2) is 7.26. The van der Waals surface area contributed by atoms with Gasteiger partial charge in [0.05, 0.1) is 17.8 Å². The quantitative estimate of drug-likeness (QED) is 0.823. The molecule has 2 aromatic rings. The average Bonchev–Trinajstić information content (AvgIpc) is 2.88. The Hall–Kier alpha value is -2.09. The van der Waals surface area contributed by atoms with Gasteiger partial charge in [-0.15, -0.1) is 0 Å². The van der Waals surface area contributed by atoms with Gasteiger partial charge in [0.2, 0.25) is 0 Å². The van der Waals surface area contributed by atoms with Gasteiger partial charge in [0.25, 0.3) is 0 Å². The molecule has 2 aliphatic rings. The van der Waals surface area contributed by atoms with Crippen LogP contribution in [-0.2, 0) is 12.8 Å². The predicted octanol–water partition coefficient (Wildman–Crippen LogP) is 0.338. The van der Waals surface area contributed by atoms with E-state index in [9.17, 15) is 5.11 Å². The van der Waals surface area contributed by atoms with E-state index in [1.165, 1.54) is 5.56 Å². The van der Waals surface area contributed by atoms with E-state index in [1.54, 1.807) is 6.20 Å². The second-order valence-corrected chi connectivity index (χ2v) is 7.29. The molecule has 7 nitrogen and oxygen atoms in total. The van der Waals surface area contributed by atoms with Crippen molar-refractivity contribution in [2.75, 3.05) is 45.2 Å². The predicted molar refractivity (Wildman–Crippen MR) is 101 cm³/mol. The van der Waals surface area contributed by atoms with E-state index in [0.717, 1.165) is 55.4 Å². The highest BCUT2D eigenvalue weighted by molar-refractivity contribution is 5.60. The van der Waals surface area contributed by atoms with Gasteiger partial charge in [-0.25, -0.2) is 9.97 Å². The van der Waals surface area contributed by atoms with Crippen molar-refractivity contribution in [3.8, 4) is 11.4 Å². The van der Waals surface area contributed by atoms with Crippen LogP contribution in [0.5, 0.6) is 0 Å². The molecule has 0 aliphatic carbocycles. The van der Waals surface area contributed by atoms with Crippen LogP contribution in [0.25, 0.3) is 11.4 Å². The fourth-order valence-corrected chi connectivity index (χ4v) is 3.86. The fourth-order valence-electron chi connectivity index (χ4n) is 3.86. The summed E-state index contributed by atoms with van der Waals surface area (Å²) < 4.78 is 0. The third-order valence-electron chi connectivity index (χ3n) is 5.30. The Morgan fingerprint density at radius 2 is 2.04 bits per heavy atom. The molecule has 4 rings (SSSR count). The summed E-state index contributed by atoms with van der Waals surface area (Å²) >= 11 is 0. The van der Waals surface area contributed by atoms with Crippen LogP contribution in [0.1, 0.15) is 11.3 Å². The number of nitrogens with one attached hydrogen (secondary N) is 1. The smallest absolute Gasteiger partial charge is 0.163 e. The van der Waals surface area contributed by atoms with Gasteiger partial charge < -0.3 is 20.2 Å². The summed E-state index contributed by atoms with van der Waals surface area (Å²) in [4.78, 5) is 18.3. The SMILES string of the molecule is CN(C)[C@@H]1CN(c2nc(-c3cccnc3)nc3c2CCNCC3)C[C@H]1O. The molecule has 0 amide bonds. The van der Waals surface area contributed by atoms with Crippen molar-refractivity contribution < 1.29 is 5.11 Å². The van der Waals surface area contributed by atoms with Crippen molar-refractivity contribution in [1.29, 1.82) is 0 Å². The Bertz CT molecular complexity index is 766. The number of nitrogens with zero attached hydrogens (tertiary/aromatic N) is 5. The molecule has 0 spiro atoms. The van der Waals surface area contributed by atoms with Crippen molar-refractivity contribution in [3.63, 3.8) is 0 Å². The lowest BCUT2D eigenvalue weighted by molar-refractivity contribution is 0.114. The number of fused-ring (bicyclic) bond motifs is 1. The number of hydrogen-bond donors (Lipinski definition) is 2. The van der Waals surface area contributed by atoms with Gasteiger partial charge >= 0.3 is 0 Å². The minimum atomic E-state index is -0.374. The van der Waals surface area contributed by atoms with Crippen LogP contribution in [0.3, 0.4) is 0 Å². The van der Waals surface area contributed by atoms with Gasteiger partial charge in [-0.3, -0.25) is 4.98 Å². The monoisotopic (exact) mass is 354 g/mol. The van der Waals surface area contributed by atoms with E-state index in [2.05, 4.69) is 20.1 Å². The minimum Gasteiger partial charge on any atom is -0.390 e. The van der Waals surface area contributed by atoms with Crippen LogP contribution < -0.4 is 10.2 Å². The lowest BCUT2D eigenvalue weighted by atomic mass is 10.1. The number of aliphatic hydroxyl groups is 1. The molecule has 26 heavy (non-hydrogen) atoms. The zero-order valence-electron chi connectivity index (χ0n) is 15.4. The summed E-state index contributed by atoms with van der Waals surface area (Å²) in [6.07, 6.45) is 5.00. The number of β-amino-alcohol motifs (C(OH)–C–C–N with tert-alkyl or cyclic N) is 1. The van der Waals surface area contributed by atoms with Gasteiger partial charge in [0, 0.05) is 49.6 Å². The Morgan fingerprint density at radius 3 is 2.77 bits per heavy atom. The number of aromatic nitrogens is 3. The van der Waals surface area contributed by atoms with Crippen molar-refractivity contribution >= 4 is 5.82 Å². The normalized spacial score (nSPS) is 23.2. The third-order valence-corrected chi connectivity index (χ3v) is 5.30. The molecule has 0 radical (unpaired) electrons. The molecule has 7 heteroatoms. The van der Waals surface area contributed by atoms with Gasteiger partial charge in [-0.2, -0.15) is 0 Å². The molecule has 1 fully saturated rings. The highest BCUT2D eigenvalue weighted by atomic mass is 16.3. The first kappa shape index (κ1) is 17.3. The molecule has 0 unspecified atom stereocenters. The first-order valence-electron chi connectivity index (χ1n) is 9.24. The highest BCUT2D eigenvalue weighted by Crippen LogP contribution is 2.30. The van der Waals surface area contributed by atoms with E-state index < -0.39 is 0 Å². The maximum atomic E-state index is 10.5. The van der Waals surface area contributed by atoms with Crippen LogP contribution in [0.15, 0.2) is 24.5 Å². The largest absolute Gasteiger partial charge is 0.390 e. The number of hydrogen-bond acceptors (Lipinski definition) is 7. The molecule has 138 valence electrons. The third kappa shape index (κ3) is 3.30. The minimum absolute atomic E-state index is 0.117. The van der Waals surface area contributed by atoms with Crippen molar-refractivity contribution in [3.05, 3.63) is 35.8 Å². The maximum Gasteiger partial charge on any atom is 0.163 e. The van der Waals surface area contributed by atoms with Gasteiger partial charge in [0.1, 0.15) is 5.82 Å². The van der Waals surface area contributed by atoms with E-state index in [1.807, 2.05) is 32.4 Å². The molecule has 4 heterocycles. The maximum absolute atomic E-state index is 10.5. The van der Waals surface area contributed by atoms with Gasteiger partial charge in [-0.05, 0) is 39.2 Å². The fraction of sp³-hybridized carbons (Fsp3) is 0.526. The molecular formula is C19H26N6O. The average molecular weight is 354 g/mol. The van der Waals surface area contributed by atoms with Crippen LogP contribution in [-0.4, -0.2) is 77.4 Å². The van der Waals surface area contributed by atoms with Crippen molar-refractivity contribution in [2.45, 2.75) is 25.0 Å². The molecule has 0 aromatic carbocycles. The highest BCUT2D eigenvalue weighted by Gasteiger charge is 2.35. The molecular weight excluding hydrogens is 328 g/mol. The number of rotatable bonds is 3. The topological polar surface area (TPSA) is 77.4 Å². The first-order chi connectivity index (χ1) is 12.6. The van der Waals surface area contributed by atoms with E-state index in [0.29, 0.717) is 6.54 Å². The van der Waals surface area contributed by atoms with Crippen molar-refractivity contribution in [1.82, 2.24) is 25.2 Å². The summed E-state index contributed by atoms with van der Waals surface area (Å²) in [5.41, 5.74) is 3.26. The summed E-state index contributed by atoms with van der Waals surface area (Å²) in [5.74, 6) is 1.69. The van der Waals surface area contributed by atoms with Gasteiger partial charge in [0.15, 0.2) is 5.82 Å². The molecule has 2 atom stereocenters. The summed E-state index contributed by atoms with van der Waals surface area (Å²) in [7, 11) is 4.03. The number of anilines is 1. The lowest BCUT2D eigenvalue weighted by Crippen LogP contribution is -2.38. The van der Waals surface area contributed by atoms with Crippen LogP contribution >= 0.6 is 0 Å². The van der Waals surface area contributed by atoms with E-state index in [4.69, 9.17) is 9.97 Å². The Kier molecular flexibility index (Phi) is 4.84. The van der Waals surface area contributed by atoms with Crippen LogP contribution in [0, 0.1) is 0 Å². The number of likely N-dealkylation sites (N-methyl/N-ethyl adjacent to an activating group) is 1. The number of pyridine rings is 1. The van der Waals surface area contributed by atoms with E-state index in [-0.39, 0.29) is 12.1 Å². The zero-order valence-corrected chi connectivity index (χ0v) is 15.4. The second-order valence-electron chi connectivity index (χ2n) is 7.29. The standard InChI is InChI=1S/C19H26N6O/c1-24(2)16-11-25(12-17(16)26)19-14-5-8-20-9-6-15(14)22-18(23-19)13-4-3-7-21-10-13/h3-4,7,10,16-17,20,26H,5-6,8-9,11-12H2,1-2H3/t16-,17-/m1/s1.